The van der Waals surface area contributed by atoms with Crippen LogP contribution in [0.25, 0.3) is 0 Å². The van der Waals surface area contributed by atoms with Crippen molar-refractivity contribution < 1.29 is 8.42 Å². The van der Waals surface area contributed by atoms with Crippen LogP contribution in [0.4, 0.5) is 0 Å². The van der Waals surface area contributed by atoms with Gasteiger partial charge in [-0.15, -0.1) is 0 Å². The van der Waals surface area contributed by atoms with E-state index in [1.54, 1.807) is 0 Å². The third-order valence-electron chi connectivity index (χ3n) is 2.27. The van der Waals surface area contributed by atoms with Gasteiger partial charge in [0.05, 0.1) is 11.5 Å². The second-order valence-corrected chi connectivity index (χ2v) is 5.74. The van der Waals surface area contributed by atoms with Gasteiger partial charge in [-0.2, -0.15) is 0 Å². The molecule has 1 aliphatic heterocycles. The fourth-order valence-corrected chi connectivity index (χ4v) is 3.28. The Bertz CT molecular complexity index is 311. The van der Waals surface area contributed by atoms with Crippen LogP contribution in [0.3, 0.4) is 0 Å². The van der Waals surface area contributed by atoms with Crippen LogP contribution in [0, 0.1) is 5.92 Å². The summed E-state index contributed by atoms with van der Waals surface area (Å²) in [4.78, 5) is 4.22. The average molecular weight is 219 g/mol. The van der Waals surface area contributed by atoms with Gasteiger partial charge >= 0.3 is 0 Å². The van der Waals surface area contributed by atoms with Gasteiger partial charge in [0, 0.05) is 12.5 Å². The maximum Gasteiger partial charge on any atom is 0.151 e. The van der Waals surface area contributed by atoms with E-state index in [1.165, 1.54) is 0 Å². The number of sulfone groups is 1. The number of hydrogen-bond acceptors (Lipinski definition) is 4. The minimum atomic E-state index is -2.85. The molecule has 0 bridgehead atoms. The third-order valence-corrected chi connectivity index (χ3v) is 4.04. The highest BCUT2D eigenvalue weighted by molar-refractivity contribution is 7.91. The quantitative estimate of drug-likeness (QED) is 0.295. The molecule has 0 aromatic heterocycles. The topological polar surface area (TPSA) is 84.5 Å². The summed E-state index contributed by atoms with van der Waals surface area (Å²) in [5.74, 6) is 6.34. The number of hydrazine groups is 1. The van der Waals surface area contributed by atoms with Crippen molar-refractivity contribution in [3.8, 4) is 0 Å². The zero-order valence-corrected chi connectivity index (χ0v) is 9.18. The number of rotatable bonds is 3. The van der Waals surface area contributed by atoms with E-state index < -0.39 is 9.84 Å². The summed E-state index contributed by atoms with van der Waals surface area (Å²) in [6.07, 6.45) is 1.57. The van der Waals surface area contributed by atoms with E-state index in [-0.39, 0.29) is 17.4 Å². The van der Waals surface area contributed by atoms with Gasteiger partial charge in [-0.1, -0.05) is 6.92 Å². The molecule has 6 heteroatoms. The van der Waals surface area contributed by atoms with Crippen LogP contribution in [0.15, 0.2) is 4.99 Å². The molecule has 0 aliphatic carbocycles. The fourth-order valence-electron chi connectivity index (χ4n) is 1.54. The first-order chi connectivity index (χ1) is 6.59. The molecule has 1 saturated heterocycles. The van der Waals surface area contributed by atoms with Crippen molar-refractivity contribution >= 4 is 15.7 Å². The van der Waals surface area contributed by atoms with E-state index in [4.69, 9.17) is 5.84 Å². The minimum Gasteiger partial charge on any atom is -0.312 e. The van der Waals surface area contributed by atoms with E-state index in [0.717, 1.165) is 6.42 Å². The summed E-state index contributed by atoms with van der Waals surface area (Å²) in [6.45, 7) is 2.71. The molecule has 3 N–H and O–H groups in total. The van der Waals surface area contributed by atoms with Crippen LogP contribution >= 0.6 is 0 Å². The van der Waals surface area contributed by atoms with E-state index in [1.807, 2.05) is 6.92 Å². The molecule has 0 aromatic rings. The van der Waals surface area contributed by atoms with Crippen LogP contribution in [0.1, 0.15) is 19.8 Å². The summed E-state index contributed by atoms with van der Waals surface area (Å²) in [5, 5.41) is 0. The van der Waals surface area contributed by atoms with Gasteiger partial charge in [0.2, 0.25) is 0 Å². The van der Waals surface area contributed by atoms with Crippen molar-refractivity contribution in [3.05, 3.63) is 0 Å². The number of nitrogens with two attached hydrogens (primary N) is 1. The van der Waals surface area contributed by atoms with Crippen molar-refractivity contribution in [1.82, 2.24) is 5.43 Å². The van der Waals surface area contributed by atoms with Gasteiger partial charge in [-0.25, -0.2) is 14.3 Å². The normalized spacial score (nSPS) is 26.4. The minimum absolute atomic E-state index is 0.0310. The molecule has 14 heavy (non-hydrogen) atoms. The number of nitrogens with one attached hydrogen (secondary N) is 1. The van der Waals surface area contributed by atoms with Crippen LogP contribution in [0.5, 0.6) is 0 Å². The van der Waals surface area contributed by atoms with E-state index in [2.05, 4.69) is 10.4 Å². The largest absolute Gasteiger partial charge is 0.312 e. The van der Waals surface area contributed by atoms with Crippen molar-refractivity contribution in [2.24, 2.45) is 16.8 Å². The van der Waals surface area contributed by atoms with Crippen LogP contribution in [-0.4, -0.2) is 32.3 Å². The Balaban J connectivity index is 2.64. The Labute approximate surface area is 84.7 Å². The number of hydrogen-bond donors (Lipinski definition) is 2. The molecule has 0 spiro atoms. The van der Waals surface area contributed by atoms with E-state index in [9.17, 15) is 8.42 Å². The highest BCUT2D eigenvalue weighted by atomic mass is 32.2. The third kappa shape index (κ3) is 2.95. The first-order valence-corrected chi connectivity index (χ1v) is 6.62. The molecule has 82 valence electrons. The zero-order chi connectivity index (χ0) is 10.6. The second kappa shape index (κ2) is 4.75. The molecule has 1 heterocycles. The molecule has 1 aliphatic rings. The molecule has 0 saturated carbocycles. The summed E-state index contributed by atoms with van der Waals surface area (Å²) in [5.41, 5.74) is 2.50. The molecular formula is C8H17N3O2S. The first-order valence-electron chi connectivity index (χ1n) is 4.80. The summed E-state index contributed by atoms with van der Waals surface area (Å²) in [6, 6.07) is 0. The highest BCUT2D eigenvalue weighted by Gasteiger charge is 2.31. The standard InChI is InChI=1S/C8H17N3O2S/c1-2-4-10-8(11-9)7-3-5-14(12,13)6-7/h7H,2-6,9H2,1H3,(H,10,11). The summed E-state index contributed by atoms with van der Waals surface area (Å²) < 4.78 is 22.4. The number of aliphatic imine (C=N–C) groups is 1. The molecule has 0 amide bonds. The number of nitrogens with zero attached hydrogens (tertiary/aromatic N) is 1. The molecule has 5 nitrogen and oxygen atoms in total. The number of amidine groups is 1. The van der Waals surface area contributed by atoms with Crippen LogP contribution < -0.4 is 11.3 Å². The predicted octanol–water partition coefficient (Wildman–Crippen LogP) is -0.307. The molecule has 0 radical (unpaired) electrons. The maximum absolute atomic E-state index is 11.2. The van der Waals surface area contributed by atoms with Crippen molar-refractivity contribution in [3.63, 3.8) is 0 Å². The lowest BCUT2D eigenvalue weighted by Crippen LogP contribution is -2.37. The van der Waals surface area contributed by atoms with Crippen LogP contribution in [0.2, 0.25) is 0 Å². The lowest BCUT2D eigenvalue weighted by molar-refractivity contribution is 0.601. The monoisotopic (exact) mass is 219 g/mol. The lowest BCUT2D eigenvalue weighted by atomic mass is 10.1. The Morgan fingerprint density at radius 3 is 2.79 bits per heavy atom. The average Bonchev–Trinajstić information content (AvgIpc) is 2.48. The lowest BCUT2D eigenvalue weighted by Gasteiger charge is -2.10. The fraction of sp³-hybridized carbons (Fsp3) is 0.875. The Morgan fingerprint density at radius 2 is 2.36 bits per heavy atom. The molecule has 0 aromatic carbocycles. The van der Waals surface area contributed by atoms with E-state index in [0.29, 0.717) is 18.8 Å². The van der Waals surface area contributed by atoms with Crippen molar-refractivity contribution in [2.45, 2.75) is 19.8 Å². The van der Waals surface area contributed by atoms with Gasteiger partial charge < -0.3 is 5.43 Å². The Hall–Kier alpha value is -0.620. The molecule has 1 fully saturated rings. The van der Waals surface area contributed by atoms with Gasteiger partial charge in [-0.3, -0.25) is 4.99 Å². The highest BCUT2D eigenvalue weighted by Crippen LogP contribution is 2.18. The van der Waals surface area contributed by atoms with Gasteiger partial charge in [0.25, 0.3) is 0 Å². The van der Waals surface area contributed by atoms with Gasteiger partial charge in [-0.05, 0) is 12.8 Å². The summed E-state index contributed by atoms with van der Waals surface area (Å²) in [7, 11) is -2.85. The van der Waals surface area contributed by atoms with Crippen molar-refractivity contribution in [2.75, 3.05) is 18.1 Å². The first kappa shape index (κ1) is 11.5. The van der Waals surface area contributed by atoms with Gasteiger partial charge in [0.15, 0.2) is 9.84 Å². The SMILES string of the molecule is CCCN=C(NN)C1CCS(=O)(=O)C1. The second-order valence-electron chi connectivity index (χ2n) is 3.51. The maximum atomic E-state index is 11.2. The Morgan fingerprint density at radius 1 is 1.64 bits per heavy atom. The summed E-state index contributed by atoms with van der Waals surface area (Å²) >= 11 is 0. The molecule has 1 rings (SSSR count). The zero-order valence-electron chi connectivity index (χ0n) is 8.36. The molecular weight excluding hydrogens is 202 g/mol. The molecule has 1 atom stereocenters. The smallest absolute Gasteiger partial charge is 0.151 e. The van der Waals surface area contributed by atoms with E-state index >= 15 is 0 Å². The Kier molecular flexibility index (Phi) is 3.88. The predicted molar refractivity (Wildman–Crippen MR) is 56.7 cm³/mol. The van der Waals surface area contributed by atoms with Crippen LogP contribution in [-0.2, 0) is 9.84 Å². The van der Waals surface area contributed by atoms with Gasteiger partial charge in [0.1, 0.15) is 5.84 Å². The molecule has 1 unspecified atom stereocenters. The van der Waals surface area contributed by atoms with Crippen molar-refractivity contribution in [1.29, 1.82) is 0 Å².